The van der Waals surface area contributed by atoms with Crippen molar-refractivity contribution in [1.29, 1.82) is 5.26 Å². The third kappa shape index (κ3) is 3.93. The lowest BCUT2D eigenvalue weighted by Crippen LogP contribution is -2.29. The zero-order chi connectivity index (χ0) is 18.4. The molecule has 6 heteroatoms. The first-order valence-electron chi connectivity index (χ1n) is 9.34. The lowest BCUT2D eigenvalue weighted by molar-refractivity contribution is 0.0947. The summed E-state index contributed by atoms with van der Waals surface area (Å²) in [5.74, 6) is 0.379. The molecule has 0 unspecified atom stereocenters. The van der Waals surface area contributed by atoms with Crippen LogP contribution < -0.4 is 5.32 Å². The predicted octanol–water partition coefficient (Wildman–Crippen LogP) is 3.98. The quantitative estimate of drug-likeness (QED) is 0.630. The van der Waals surface area contributed by atoms with Crippen LogP contribution in [0.4, 0.5) is 0 Å². The van der Waals surface area contributed by atoms with Gasteiger partial charge in [-0.05, 0) is 30.9 Å². The van der Waals surface area contributed by atoms with Crippen LogP contribution in [0.25, 0.3) is 10.9 Å². The molecule has 0 aliphatic heterocycles. The number of aromatic nitrogens is 1. The van der Waals surface area contributed by atoms with Gasteiger partial charge in [-0.25, -0.2) is 0 Å². The summed E-state index contributed by atoms with van der Waals surface area (Å²) < 4.78 is 1.83. The first-order valence-corrected chi connectivity index (χ1v) is 9.34. The van der Waals surface area contributed by atoms with E-state index in [2.05, 4.69) is 16.6 Å². The number of benzene rings is 1. The number of carbonyl (C=O) groups is 1. The summed E-state index contributed by atoms with van der Waals surface area (Å²) in [5.41, 5.74) is 1.75. The van der Waals surface area contributed by atoms with Gasteiger partial charge >= 0.3 is 0 Å². The molecule has 1 saturated carbocycles. The maximum atomic E-state index is 12.8. The van der Waals surface area contributed by atoms with Crippen LogP contribution in [0, 0.1) is 22.2 Å². The van der Waals surface area contributed by atoms with E-state index in [-0.39, 0.29) is 12.5 Å². The summed E-state index contributed by atoms with van der Waals surface area (Å²) in [7, 11) is 0. The zero-order valence-electron chi connectivity index (χ0n) is 14.9. The predicted molar refractivity (Wildman–Crippen MR) is 101 cm³/mol. The molecule has 1 N–H and O–H groups in total. The van der Waals surface area contributed by atoms with E-state index in [0.717, 1.165) is 18.4 Å². The smallest absolute Gasteiger partial charge is 0.253 e. The number of carbonyl (C=O) groups excluding carboxylic acids is 1. The van der Waals surface area contributed by atoms with E-state index in [1.807, 2.05) is 10.6 Å². The topological polar surface area (TPSA) is 87.2 Å². The van der Waals surface area contributed by atoms with Gasteiger partial charge in [-0.2, -0.15) is 10.2 Å². The second kappa shape index (κ2) is 8.61. The maximum Gasteiger partial charge on any atom is 0.253 e. The Kier molecular flexibility index (Phi) is 6.00. The Morgan fingerprint density at radius 3 is 2.73 bits per heavy atom. The summed E-state index contributed by atoms with van der Waals surface area (Å²) in [6.07, 6.45) is 9.10. The number of hydrogen-bond donors (Lipinski definition) is 1. The van der Waals surface area contributed by atoms with Crippen molar-refractivity contribution in [3.05, 3.63) is 40.4 Å². The first kappa shape index (κ1) is 18.1. The van der Waals surface area contributed by atoms with Crippen molar-refractivity contribution in [3.8, 4) is 6.07 Å². The zero-order valence-corrected chi connectivity index (χ0v) is 14.9. The highest BCUT2D eigenvalue weighted by atomic mass is 16.3. The molecule has 136 valence electrons. The van der Waals surface area contributed by atoms with Crippen LogP contribution in [0.1, 0.15) is 54.4 Å². The summed E-state index contributed by atoms with van der Waals surface area (Å²) >= 11 is 0. The third-order valence-electron chi connectivity index (χ3n) is 5.23. The van der Waals surface area contributed by atoms with Crippen molar-refractivity contribution in [2.75, 3.05) is 13.1 Å². The van der Waals surface area contributed by atoms with E-state index in [1.54, 1.807) is 18.3 Å². The van der Waals surface area contributed by atoms with Gasteiger partial charge in [0.15, 0.2) is 0 Å². The average molecular weight is 352 g/mol. The van der Waals surface area contributed by atoms with Gasteiger partial charge in [0.1, 0.15) is 0 Å². The lowest BCUT2D eigenvalue weighted by atomic mass is 10.00. The van der Waals surface area contributed by atoms with E-state index in [0.29, 0.717) is 35.5 Å². The van der Waals surface area contributed by atoms with Crippen LogP contribution in [-0.4, -0.2) is 23.6 Å². The van der Waals surface area contributed by atoms with E-state index >= 15 is 0 Å². The van der Waals surface area contributed by atoms with Gasteiger partial charge in [0.2, 0.25) is 0 Å². The molecule has 3 rings (SSSR count). The Labute approximate surface area is 153 Å². The molecule has 1 aliphatic rings. The Hall–Kier alpha value is -2.68. The Morgan fingerprint density at radius 2 is 2.04 bits per heavy atom. The Balaban J connectivity index is 1.84. The number of rotatable bonds is 6. The number of nitrogens with one attached hydrogen (secondary N) is 1. The number of fused-ring (bicyclic) bond motifs is 1. The number of nitroso groups, excluding NO2 is 1. The van der Waals surface area contributed by atoms with Gasteiger partial charge in [-0.15, -0.1) is 0 Å². The summed E-state index contributed by atoms with van der Waals surface area (Å²) in [6.45, 7) is 1.20. The summed E-state index contributed by atoms with van der Waals surface area (Å²) in [4.78, 5) is 23.3. The van der Waals surface area contributed by atoms with Gasteiger partial charge in [0, 0.05) is 24.7 Å². The lowest BCUT2D eigenvalue weighted by Gasteiger charge is -2.14. The minimum absolute atomic E-state index is 0.129. The molecule has 0 radical (unpaired) electrons. The molecule has 1 aliphatic carbocycles. The van der Waals surface area contributed by atoms with Crippen LogP contribution in [0.5, 0.6) is 0 Å². The normalized spacial score (nSPS) is 15.3. The van der Waals surface area contributed by atoms with Gasteiger partial charge < -0.3 is 9.88 Å². The fourth-order valence-corrected chi connectivity index (χ4v) is 3.85. The van der Waals surface area contributed by atoms with Crippen molar-refractivity contribution < 1.29 is 4.79 Å². The molecule has 0 spiro atoms. The number of nitrogens with zero attached hydrogens (tertiary/aromatic N) is 3. The second-order valence-corrected chi connectivity index (χ2v) is 6.97. The Bertz CT molecular complexity index is 826. The minimum atomic E-state index is -0.153. The SMILES string of the molecule is N#Cc1cccc2c1c(C(=O)NCC1CCCCCC1)cn2CCN=O. The molecule has 0 bridgehead atoms. The van der Waals surface area contributed by atoms with Crippen LogP contribution in [-0.2, 0) is 6.54 Å². The van der Waals surface area contributed by atoms with Crippen molar-refractivity contribution in [2.24, 2.45) is 11.1 Å². The fraction of sp³-hybridized carbons (Fsp3) is 0.500. The van der Waals surface area contributed by atoms with Crippen LogP contribution in [0.3, 0.4) is 0 Å². The highest BCUT2D eigenvalue weighted by Gasteiger charge is 2.19. The van der Waals surface area contributed by atoms with Crippen LogP contribution in [0.2, 0.25) is 0 Å². The van der Waals surface area contributed by atoms with Crippen LogP contribution in [0.15, 0.2) is 29.6 Å². The molecule has 1 heterocycles. The molecule has 1 amide bonds. The summed E-state index contributed by atoms with van der Waals surface area (Å²) in [5, 5.41) is 16.1. The van der Waals surface area contributed by atoms with Crippen molar-refractivity contribution >= 4 is 16.8 Å². The largest absolute Gasteiger partial charge is 0.352 e. The molecular weight excluding hydrogens is 328 g/mol. The highest BCUT2D eigenvalue weighted by molar-refractivity contribution is 6.08. The molecule has 2 aromatic rings. The molecule has 0 saturated heterocycles. The van der Waals surface area contributed by atoms with E-state index < -0.39 is 0 Å². The van der Waals surface area contributed by atoms with Crippen LogP contribution >= 0.6 is 0 Å². The molecule has 0 atom stereocenters. The molecule has 1 fully saturated rings. The molecule has 1 aromatic heterocycles. The second-order valence-electron chi connectivity index (χ2n) is 6.97. The van der Waals surface area contributed by atoms with Gasteiger partial charge in [0.05, 0.1) is 29.3 Å². The molecule has 26 heavy (non-hydrogen) atoms. The van der Waals surface area contributed by atoms with Crippen molar-refractivity contribution in [2.45, 2.75) is 45.1 Å². The number of hydrogen-bond acceptors (Lipinski definition) is 4. The number of nitriles is 1. The molecule has 6 nitrogen and oxygen atoms in total. The van der Waals surface area contributed by atoms with Crippen molar-refractivity contribution in [3.63, 3.8) is 0 Å². The summed E-state index contributed by atoms with van der Waals surface area (Å²) in [6, 6.07) is 7.54. The molecule has 1 aromatic carbocycles. The number of amides is 1. The van der Waals surface area contributed by atoms with Gasteiger partial charge in [0.25, 0.3) is 5.91 Å². The van der Waals surface area contributed by atoms with Crippen molar-refractivity contribution in [1.82, 2.24) is 9.88 Å². The van der Waals surface area contributed by atoms with Gasteiger partial charge in [-0.1, -0.05) is 36.9 Å². The fourth-order valence-electron chi connectivity index (χ4n) is 3.85. The Morgan fingerprint density at radius 1 is 1.27 bits per heavy atom. The maximum absolute atomic E-state index is 12.8. The van der Waals surface area contributed by atoms with Gasteiger partial charge in [-0.3, -0.25) is 4.79 Å². The highest BCUT2D eigenvalue weighted by Crippen LogP contribution is 2.26. The third-order valence-corrected chi connectivity index (χ3v) is 5.23. The standard InChI is InChI=1S/C20H24N4O2/c21-12-16-8-5-9-18-19(16)17(14-24(18)11-10-23-26)20(25)22-13-15-6-3-1-2-4-7-15/h5,8-9,14-15H,1-4,6-7,10-11,13H2,(H,22,25). The van der Waals surface area contributed by atoms with E-state index in [9.17, 15) is 15.0 Å². The average Bonchev–Trinajstić information content (AvgIpc) is 2.85. The molecular formula is C20H24N4O2. The minimum Gasteiger partial charge on any atom is -0.352 e. The van der Waals surface area contributed by atoms with E-state index in [1.165, 1.54) is 25.7 Å². The monoisotopic (exact) mass is 352 g/mol. The van der Waals surface area contributed by atoms with E-state index in [4.69, 9.17) is 0 Å². The first-order chi connectivity index (χ1) is 12.7.